The van der Waals surface area contributed by atoms with Crippen LogP contribution in [0.25, 0.3) is 16.3 Å². The number of aromatic nitrogens is 4. The number of aryl methyl sites for hydroxylation is 1. The topological polar surface area (TPSA) is 243 Å². The molecular formula is C64H65N5O10. The van der Waals surface area contributed by atoms with Gasteiger partial charge in [-0.25, -0.2) is 9.97 Å². The quantitative estimate of drug-likeness (QED) is 0.0807. The third-order valence-corrected chi connectivity index (χ3v) is 21.8. The highest BCUT2D eigenvalue weighted by Crippen LogP contribution is 2.76. The fraction of sp³-hybridized carbons (Fsp3) is 0.469. The summed E-state index contributed by atoms with van der Waals surface area (Å²) in [5.41, 5.74) is 3.14. The summed E-state index contributed by atoms with van der Waals surface area (Å²) in [6.07, 6.45) is 9.65. The van der Waals surface area contributed by atoms with Crippen LogP contribution in [0.4, 0.5) is 5.82 Å². The van der Waals surface area contributed by atoms with Crippen LogP contribution in [0.5, 0.6) is 11.5 Å². The summed E-state index contributed by atoms with van der Waals surface area (Å²) in [6, 6.07) is 18.7. The second kappa shape index (κ2) is 16.4. The minimum absolute atomic E-state index is 0.00841. The Labute approximate surface area is 456 Å². The van der Waals surface area contributed by atoms with Gasteiger partial charge in [0, 0.05) is 75.6 Å². The van der Waals surface area contributed by atoms with Crippen LogP contribution in [0.15, 0.2) is 90.4 Å². The number of aromatic amines is 2. The maximum absolute atomic E-state index is 15.3. The smallest absolute Gasteiger partial charge is 0.261 e. The first-order chi connectivity index (χ1) is 38.1. The van der Waals surface area contributed by atoms with Crippen LogP contribution in [0.3, 0.4) is 0 Å². The van der Waals surface area contributed by atoms with Gasteiger partial charge in [-0.1, -0.05) is 61.6 Å². The van der Waals surface area contributed by atoms with Gasteiger partial charge in [-0.2, -0.15) is 0 Å². The van der Waals surface area contributed by atoms with Crippen LogP contribution in [-0.2, 0) is 17.6 Å². The number of ketones is 2. The molecule has 406 valence electrons. The lowest BCUT2D eigenvalue weighted by Crippen LogP contribution is -2.79. The number of carbonyl (C=O) groups is 2. The highest BCUT2D eigenvalue weighted by atomic mass is 16.7. The van der Waals surface area contributed by atoms with Crippen LogP contribution in [0.2, 0.25) is 0 Å². The van der Waals surface area contributed by atoms with Crippen LogP contribution < -0.4 is 10.1 Å². The fourth-order valence-electron chi connectivity index (χ4n) is 18.6. The lowest BCUT2D eigenvalue weighted by molar-refractivity contribution is -0.366. The zero-order valence-corrected chi connectivity index (χ0v) is 44.2. The molecule has 79 heavy (non-hydrogen) atoms. The monoisotopic (exact) mass is 1060 g/mol. The number of imidazole rings is 1. The Bertz CT molecular complexity index is 3720. The minimum atomic E-state index is -2.46. The van der Waals surface area contributed by atoms with Gasteiger partial charge in [0.15, 0.2) is 17.5 Å². The Balaban J connectivity index is 0.996. The van der Waals surface area contributed by atoms with Gasteiger partial charge in [0.2, 0.25) is 5.78 Å². The lowest BCUT2D eigenvalue weighted by atomic mass is 9.50. The summed E-state index contributed by atoms with van der Waals surface area (Å²) in [4.78, 5) is 47.5. The van der Waals surface area contributed by atoms with E-state index in [1.165, 1.54) is 6.07 Å². The Morgan fingerprint density at radius 1 is 0.785 bits per heavy atom. The number of aliphatic hydroxyl groups excluding tert-OH is 5. The number of anilines is 1. The molecule has 10 atom stereocenters. The summed E-state index contributed by atoms with van der Waals surface area (Å²) in [5.74, 6) is -4.29. The predicted molar refractivity (Wildman–Crippen MR) is 291 cm³/mol. The van der Waals surface area contributed by atoms with Gasteiger partial charge in [-0.15, -0.1) is 0 Å². The molecule has 7 aliphatic carbocycles. The van der Waals surface area contributed by atoms with Gasteiger partial charge >= 0.3 is 0 Å². The van der Waals surface area contributed by atoms with E-state index in [4.69, 9.17) is 19.4 Å². The standard InChI is InChI=1S/C64H65N5O10/c1-32-19-38-47(44(70)20-32)53(73)49-45-24-36-35(48(49)52(38)72)11-18-65-57(36)66-28-46(71)62-30-60(14-7-8-15-60)26-40(62)37-22-34(23-43-42(67-31-68-43)21-33-9-3-2-4-10-33)69-51(37)39-25-63(78-45)55(75)54(74)56(76)64(79-63)50(39)41(62)27-61(58(64)77)17-16-59(29-61)12-5-6-13-59/h2-4,9-11,18-20,22,24-25,31,40,46,54-56,58,69-71,74-77H,5-8,12-17,21,23,26-30H2,1H3,(H,65,66)(H,67,68)/t40-,46+,54-,55-,56+,58+,61-,62+,63-,64+/m1/s1. The van der Waals surface area contributed by atoms with Crippen molar-refractivity contribution in [2.24, 2.45) is 21.7 Å². The summed E-state index contributed by atoms with van der Waals surface area (Å²) < 4.78 is 14.9. The second-order valence-electron chi connectivity index (χ2n) is 25.9. The van der Waals surface area contributed by atoms with E-state index in [2.05, 4.69) is 33.5 Å². The number of benzene rings is 3. The molecule has 3 aromatic carbocycles. The molecule has 3 aromatic heterocycles. The number of phenolic OH excluding ortho intramolecular Hbond substituents is 1. The summed E-state index contributed by atoms with van der Waals surface area (Å²) in [7, 11) is 0. The molecule has 4 saturated carbocycles. The fourth-order valence-corrected chi connectivity index (χ4v) is 18.6. The number of aliphatic hydroxyl groups is 5. The van der Waals surface area contributed by atoms with Gasteiger partial charge < -0.3 is 55.4 Å². The number of ether oxygens (including phenoxy) is 2. The first kappa shape index (κ1) is 48.4. The molecule has 15 heteroatoms. The third kappa shape index (κ3) is 6.34. The van der Waals surface area contributed by atoms with Gasteiger partial charge in [0.05, 0.1) is 35.4 Å². The van der Waals surface area contributed by atoms with E-state index in [9.17, 15) is 30.6 Å². The average molecular weight is 1060 g/mol. The van der Waals surface area contributed by atoms with E-state index in [0.29, 0.717) is 77.5 Å². The number of H-pyrrole nitrogens is 2. The summed E-state index contributed by atoms with van der Waals surface area (Å²) in [6.45, 7) is 1.74. The number of hydrogen-bond donors (Lipinski definition) is 9. The molecule has 9 N–H and O–H groups in total. The number of nitrogens with zero attached hydrogens (tertiary/aromatic N) is 2. The van der Waals surface area contributed by atoms with E-state index in [0.717, 1.165) is 98.0 Å². The highest BCUT2D eigenvalue weighted by molar-refractivity contribution is 6.34. The lowest BCUT2D eigenvalue weighted by Gasteiger charge is -2.64. The molecule has 5 fully saturated rings. The van der Waals surface area contributed by atoms with Crippen molar-refractivity contribution in [3.05, 3.63) is 152 Å². The molecule has 17 rings (SSSR count). The van der Waals surface area contributed by atoms with Crippen LogP contribution >= 0.6 is 0 Å². The second-order valence-corrected chi connectivity index (χ2v) is 25.9. The van der Waals surface area contributed by atoms with Crippen molar-refractivity contribution in [2.75, 3.05) is 11.9 Å². The molecule has 0 unspecified atom stereocenters. The number of hydrogen-bond acceptors (Lipinski definition) is 13. The Hall–Kier alpha value is -6.46. The van der Waals surface area contributed by atoms with Gasteiger partial charge in [-0.3, -0.25) is 9.59 Å². The Morgan fingerprint density at radius 3 is 2.37 bits per heavy atom. The third-order valence-electron chi connectivity index (χ3n) is 21.8. The molecule has 1 saturated heterocycles. The first-order valence-electron chi connectivity index (χ1n) is 28.8. The SMILES string of the molecule is Cc1cc(O)c2c(c1)C(=O)c1c(c3cc4c(nccc14)NC[C@H](O)[C@@]14CC5(CCCC5)C[C@@H]1c1cc(Cc5nc[nH]c5Cc5ccccc5)[nH]c1C1=C[C@@]5(O3)O[C@@]3(C1=C4C[C@@]1(CCC4(CCCC4)C1)[C@@H]3O)[C@@H](O)[C@H](O)[C@H]5O)C2=O. The summed E-state index contributed by atoms with van der Waals surface area (Å²) >= 11 is 0. The van der Waals surface area contributed by atoms with E-state index in [1.54, 1.807) is 43.7 Å². The zero-order chi connectivity index (χ0) is 53.8. The summed E-state index contributed by atoms with van der Waals surface area (Å²) in [5, 5.41) is 83.1. The highest BCUT2D eigenvalue weighted by Gasteiger charge is 2.77. The largest absolute Gasteiger partial charge is 0.507 e. The van der Waals surface area contributed by atoms with Gasteiger partial charge in [0.1, 0.15) is 29.5 Å². The number of nitrogens with one attached hydrogen (secondary N) is 3. The van der Waals surface area contributed by atoms with Crippen LogP contribution in [0.1, 0.15) is 167 Å². The normalized spacial score (nSPS) is 34.0. The molecule has 0 radical (unpaired) electrons. The number of aromatic hydroxyl groups is 1. The van der Waals surface area contributed by atoms with Crippen LogP contribution in [-0.4, -0.2) is 111 Å². The number of pyridine rings is 1. The Morgan fingerprint density at radius 2 is 1.57 bits per heavy atom. The molecular weight excluding hydrogens is 999 g/mol. The number of phenols is 1. The predicted octanol–water partition coefficient (Wildman–Crippen LogP) is 8.30. The maximum Gasteiger partial charge on any atom is 0.261 e. The van der Waals surface area contributed by atoms with Crippen molar-refractivity contribution in [1.82, 2.24) is 19.9 Å². The molecule has 8 bridgehead atoms. The van der Waals surface area contributed by atoms with Crippen molar-refractivity contribution in [2.45, 2.75) is 157 Å². The number of rotatable bonds is 4. The van der Waals surface area contributed by atoms with Crippen molar-refractivity contribution >= 4 is 33.7 Å². The van der Waals surface area contributed by atoms with Crippen molar-refractivity contribution in [3.8, 4) is 11.5 Å². The van der Waals surface area contributed by atoms with Crippen LogP contribution in [0, 0.1) is 28.6 Å². The molecule has 15 nitrogen and oxygen atoms in total. The Kier molecular flexibility index (Phi) is 10.0. The van der Waals surface area contributed by atoms with Gasteiger partial charge in [-0.05, 0) is 152 Å². The van der Waals surface area contributed by atoms with E-state index in [1.807, 2.05) is 18.2 Å². The minimum Gasteiger partial charge on any atom is -0.507 e. The van der Waals surface area contributed by atoms with Crippen molar-refractivity contribution < 1.29 is 49.7 Å². The van der Waals surface area contributed by atoms with E-state index in [-0.39, 0.29) is 57.0 Å². The number of carbonyl (C=O) groups excluding carboxylic acids is 2. The maximum atomic E-state index is 15.3. The van der Waals surface area contributed by atoms with Gasteiger partial charge in [0.25, 0.3) is 5.79 Å². The van der Waals surface area contributed by atoms with Crippen molar-refractivity contribution in [1.29, 1.82) is 0 Å². The number of fused-ring (bicyclic) bond motifs is 7. The molecule has 4 aliphatic heterocycles. The van der Waals surface area contributed by atoms with E-state index < -0.39 is 64.3 Å². The molecule has 6 aromatic rings. The molecule has 0 amide bonds. The molecule has 7 heterocycles. The van der Waals surface area contributed by atoms with E-state index >= 15 is 9.59 Å². The zero-order valence-electron chi connectivity index (χ0n) is 44.2. The molecule has 11 aliphatic rings. The van der Waals surface area contributed by atoms with Crippen molar-refractivity contribution in [3.63, 3.8) is 0 Å². The molecule has 6 spiro atoms. The average Bonchev–Trinajstić information content (AvgIpc) is 1.89. The first-order valence-corrected chi connectivity index (χ1v) is 28.8.